The van der Waals surface area contributed by atoms with E-state index < -0.39 is 16.9 Å². The molecule has 2 heterocycles. The highest BCUT2D eigenvalue weighted by atomic mass is 32.1. The van der Waals surface area contributed by atoms with Crippen LogP contribution in [0.2, 0.25) is 0 Å². The number of carboxylic acid groups (broad SMARTS) is 1. The molecule has 0 bridgehead atoms. The molecule has 0 aromatic carbocycles. The first kappa shape index (κ1) is 15.8. The van der Waals surface area contributed by atoms with Gasteiger partial charge in [-0.1, -0.05) is 0 Å². The van der Waals surface area contributed by atoms with E-state index in [1.54, 1.807) is 31.2 Å². The number of carbonyl (C=O) groups is 2. The molecule has 116 valence electrons. The van der Waals surface area contributed by atoms with E-state index >= 15 is 0 Å². The summed E-state index contributed by atoms with van der Waals surface area (Å²) < 4.78 is 0. The summed E-state index contributed by atoms with van der Waals surface area (Å²) in [5, 5.41) is 11.7. The van der Waals surface area contributed by atoms with Gasteiger partial charge in [0.2, 0.25) is 5.91 Å². The molecule has 1 saturated heterocycles. The third-order valence-corrected chi connectivity index (χ3v) is 4.97. The minimum atomic E-state index is -1.03. The first-order valence-corrected chi connectivity index (χ1v) is 7.69. The minimum Gasteiger partial charge on any atom is -0.481 e. The number of aliphatic carboxylic acids is 1. The first-order chi connectivity index (χ1) is 9.58. The molecule has 1 aliphatic heterocycles. The van der Waals surface area contributed by atoms with Gasteiger partial charge in [0.1, 0.15) is 11.0 Å². The molecule has 1 N–H and O–H groups in total. The van der Waals surface area contributed by atoms with Crippen molar-refractivity contribution in [1.82, 2.24) is 9.88 Å². The number of amides is 1. The average Bonchev–Trinajstić information content (AvgIpc) is 2.86. The number of anilines is 1. The van der Waals surface area contributed by atoms with Crippen molar-refractivity contribution in [3.63, 3.8) is 0 Å². The van der Waals surface area contributed by atoms with Crippen LogP contribution in [0.3, 0.4) is 0 Å². The van der Waals surface area contributed by atoms with Gasteiger partial charge < -0.3 is 14.9 Å². The Labute approximate surface area is 128 Å². The van der Waals surface area contributed by atoms with Crippen molar-refractivity contribution in [2.75, 3.05) is 25.0 Å². The van der Waals surface area contributed by atoms with Crippen molar-refractivity contribution in [3.8, 4) is 0 Å². The van der Waals surface area contributed by atoms with Gasteiger partial charge in [-0.15, -0.1) is 11.3 Å². The molecular weight excluding hydrogens is 290 g/mol. The highest BCUT2D eigenvalue weighted by molar-refractivity contribution is 7.13. The Balaban J connectivity index is 2.34. The number of nitrogens with zero attached hydrogens (tertiary/aromatic N) is 3. The molecule has 7 heteroatoms. The normalized spacial score (nSPS) is 19.0. The predicted octanol–water partition coefficient (Wildman–Crippen LogP) is 1.56. The molecule has 0 saturated carbocycles. The third-order valence-electron chi connectivity index (χ3n) is 4.10. The smallest absolute Gasteiger partial charge is 0.315 e. The number of hydrogen-bond acceptors (Lipinski definition) is 5. The van der Waals surface area contributed by atoms with Crippen LogP contribution in [0.15, 0.2) is 5.38 Å². The fourth-order valence-corrected chi connectivity index (χ4v) is 3.50. The van der Waals surface area contributed by atoms with Gasteiger partial charge in [-0.05, 0) is 27.7 Å². The van der Waals surface area contributed by atoms with Gasteiger partial charge in [0.05, 0.1) is 5.69 Å². The standard InChI is InChI=1S/C14H21N3O3S/c1-13(2,11(19)20)9-8-21-12(15-9)17-7-6-16(5)10(18)14(17,3)4/h8H,6-7H2,1-5H3,(H,19,20). The van der Waals surface area contributed by atoms with Crippen LogP contribution in [0.1, 0.15) is 33.4 Å². The van der Waals surface area contributed by atoms with Crippen LogP contribution in [-0.4, -0.2) is 52.5 Å². The van der Waals surface area contributed by atoms with Crippen LogP contribution < -0.4 is 4.90 Å². The van der Waals surface area contributed by atoms with Crippen molar-refractivity contribution >= 4 is 28.3 Å². The number of carbonyl (C=O) groups excluding carboxylic acids is 1. The van der Waals surface area contributed by atoms with Crippen LogP contribution in [0, 0.1) is 0 Å². The van der Waals surface area contributed by atoms with Crippen molar-refractivity contribution in [3.05, 3.63) is 11.1 Å². The lowest BCUT2D eigenvalue weighted by molar-refractivity contribution is -0.142. The summed E-state index contributed by atoms with van der Waals surface area (Å²) in [4.78, 5) is 31.8. The van der Waals surface area contributed by atoms with Crippen molar-refractivity contribution in [2.45, 2.75) is 38.6 Å². The zero-order chi connectivity index (χ0) is 16.0. The Bertz CT molecular complexity index is 580. The average molecular weight is 311 g/mol. The monoisotopic (exact) mass is 311 g/mol. The van der Waals surface area contributed by atoms with Crippen LogP contribution in [0.4, 0.5) is 5.13 Å². The number of carboxylic acids is 1. The maximum Gasteiger partial charge on any atom is 0.315 e. The van der Waals surface area contributed by atoms with Crippen molar-refractivity contribution in [1.29, 1.82) is 0 Å². The Morgan fingerprint density at radius 1 is 1.43 bits per heavy atom. The number of aromatic nitrogens is 1. The van der Waals surface area contributed by atoms with E-state index in [1.807, 2.05) is 18.7 Å². The van der Waals surface area contributed by atoms with E-state index in [0.717, 1.165) is 0 Å². The summed E-state index contributed by atoms with van der Waals surface area (Å²) in [6.45, 7) is 8.33. The van der Waals surface area contributed by atoms with Crippen LogP contribution in [0.25, 0.3) is 0 Å². The van der Waals surface area contributed by atoms with E-state index in [-0.39, 0.29) is 5.91 Å². The molecule has 2 rings (SSSR count). The second kappa shape index (κ2) is 4.98. The van der Waals surface area contributed by atoms with Crippen LogP contribution >= 0.6 is 11.3 Å². The molecule has 0 radical (unpaired) electrons. The van der Waals surface area contributed by atoms with Crippen LogP contribution in [-0.2, 0) is 15.0 Å². The van der Waals surface area contributed by atoms with Gasteiger partial charge >= 0.3 is 5.97 Å². The lowest BCUT2D eigenvalue weighted by Crippen LogP contribution is -2.62. The van der Waals surface area contributed by atoms with Gasteiger partial charge in [-0.25, -0.2) is 4.98 Å². The molecular formula is C14H21N3O3S. The number of piperazine rings is 1. The lowest BCUT2D eigenvalue weighted by Gasteiger charge is -2.44. The van der Waals surface area contributed by atoms with Gasteiger partial charge in [0, 0.05) is 25.5 Å². The number of hydrogen-bond donors (Lipinski definition) is 1. The van der Waals surface area contributed by atoms with E-state index in [2.05, 4.69) is 4.98 Å². The maximum atomic E-state index is 12.3. The van der Waals surface area contributed by atoms with E-state index in [0.29, 0.717) is 23.9 Å². The largest absolute Gasteiger partial charge is 0.481 e. The lowest BCUT2D eigenvalue weighted by atomic mass is 9.90. The third kappa shape index (κ3) is 2.50. The second-order valence-corrected chi connectivity index (χ2v) is 7.22. The van der Waals surface area contributed by atoms with Gasteiger partial charge in [0.15, 0.2) is 5.13 Å². The predicted molar refractivity (Wildman–Crippen MR) is 81.8 cm³/mol. The van der Waals surface area contributed by atoms with Gasteiger partial charge in [0.25, 0.3) is 0 Å². The summed E-state index contributed by atoms with van der Waals surface area (Å²) >= 11 is 1.39. The second-order valence-electron chi connectivity index (χ2n) is 6.38. The van der Waals surface area contributed by atoms with Crippen molar-refractivity contribution < 1.29 is 14.7 Å². The number of thiazole rings is 1. The molecule has 1 amide bonds. The molecule has 0 spiro atoms. The van der Waals surface area contributed by atoms with Crippen molar-refractivity contribution in [2.24, 2.45) is 0 Å². The molecule has 1 aliphatic rings. The Morgan fingerprint density at radius 3 is 2.62 bits per heavy atom. The Hall–Kier alpha value is -1.63. The first-order valence-electron chi connectivity index (χ1n) is 6.81. The Kier molecular flexibility index (Phi) is 3.73. The molecule has 1 aromatic heterocycles. The number of rotatable bonds is 3. The fraction of sp³-hybridized carbons (Fsp3) is 0.643. The molecule has 1 fully saturated rings. The maximum absolute atomic E-state index is 12.3. The fourth-order valence-electron chi connectivity index (χ4n) is 2.33. The Morgan fingerprint density at radius 2 is 2.05 bits per heavy atom. The molecule has 0 aliphatic carbocycles. The quantitative estimate of drug-likeness (QED) is 0.917. The SMILES string of the molecule is CN1CCN(c2nc(C(C)(C)C(=O)O)cs2)C(C)(C)C1=O. The van der Waals surface area contributed by atoms with Crippen LogP contribution in [0.5, 0.6) is 0 Å². The highest BCUT2D eigenvalue weighted by Crippen LogP contribution is 2.34. The molecule has 0 atom stereocenters. The topological polar surface area (TPSA) is 73.7 Å². The molecule has 6 nitrogen and oxygen atoms in total. The zero-order valence-electron chi connectivity index (χ0n) is 13.0. The summed E-state index contributed by atoms with van der Waals surface area (Å²) in [7, 11) is 1.79. The van der Waals surface area contributed by atoms with E-state index in [4.69, 9.17) is 0 Å². The van der Waals surface area contributed by atoms with E-state index in [9.17, 15) is 14.7 Å². The summed E-state index contributed by atoms with van der Waals surface area (Å²) in [5.74, 6) is -0.865. The van der Waals surface area contributed by atoms with Gasteiger partial charge in [-0.2, -0.15) is 0 Å². The highest BCUT2D eigenvalue weighted by Gasteiger charge is 2.42. The van der Waals surface area contributed by atoms with E-state index in [1.165, 1.54) is 11.3 Å². The number of likely N-dealkylation sites (N-methyl/N-ethyl adjacent to an activating group) is 1. The summed E-state index contributed by atoms with van der Waals surface area (Å²) in [6, 6.07) is 0. The minimum absolute atomic E-state index is 0.0444. The van der Waals surface area contributed by atoms with Gasteiger partial charge in [-0.3, -0.25) is 9.59 Å². The molecule has 0 unspecified atom stereocenters. The zero-order valence-corrected chi connectivity index (χ0v) is 13.8. The molecule has 21 heavy (non-hydrogen) atoms. The molecule has 1 aromatic rings. The summed E-state index contributed by atoms with van der Waals surface area (Å²) in [6.07, 6.45) is 0. The summed E-state index contributed by atoms with van der Waals surface area (Å²) in [5.41, 5.74) is -1.18.